The van der Waals surface area contributed by atoms with Gasteiger partial charge in [-0.3, -0.25) is 9.55 Å². The summed E-state index contributed by atoms with van der Waals surface area (Å²) >= 11 is 1.43. The Hall–Kier alpha value is -2.91. The van der Waals surface area contributed by atoms with Gasteiger partial charge in [0.25, 0.3) is 0 Å². The molecule has 6 heteroatoms. The first-order chi connectivity index (χ1) is 12.7. The van der Waals surface area contributed by atoms with E-state index in [-0.39, 0.29) is 5.25 Å². The second-order valence-electron chi connectivity index (χ2n) is 5.87. The predicted octanol–water partition coefficient (Wildman–Crippen LogP) is 4.06. The van der Waals surface area contributed by atoms with Crippen LogP contribution in [-0.4, -0.2) is 25.0 Å². The fourth-order valence-corrected chi connectivity index (χ4v) is 3.52. The summed E-state index contributed by atoms with van der Waals surface area (Å²) in [5, 5.41) is 18.7. The van der Waals surface area contributed by atoms with E-state index in [9.17, 15) is 5.26 Å². The van der Waals surface area contributed by atoms with E-state index >= 15 is 0 Å². The van der Waals surface area contributed by atoms with E-state index < -0.39 is 0 Å². The number of benzene rings is 1. The van der Waals surface area contributed by atoms with Crippen molar-refractivity contribution >= 4 is 11.8 Å². The highest BCUT2D eigenvalue weighted by molar-refractivity contribution is 8.00. The van der Waals surface area contributed by atoms with E-state index in [4.69, 9.17) is 0 Å². The van der Waals surface area contributed by atoms with Crippen LogP contribution in [0.5, 0.6) is 0 Å². The van der Waals surface area contributed by atoms with Crippen LogP contribution in [0.1, 0.15) is 11.1 Å². The molecule has 0 amide bonds. The third-order valence-corrected chi connectivity index (χ3v) is 4.95. The Labute approximate surface area is 157 Å². The number of nitriles is 1. The molecule has 1 aromatic carbocycles. The molecule has 0 fully saturated rings. The number of hydrogen-bond donors (Lipinski definition) is 0. The van der Waals surface area contributed by atoms with Crippen molar-refractivity contribution in [2.75, 3.05) is 0 Å². The second-order valence-corrected chi connectivity index (χ2v) is 7.04. The maximum atomic E-state index is 9.59. The highest BCUT2D eigenvalue weighted by Gasteiger charge is 2.18. The smallest absolute Gasteiger partial charge is 0.193 e. The van der Waals surface area contributed by atoms with Crippen LogP contribution in [0.2, 0.25) is 0 Å². The summed E-state index contributed by atoms with van der Waals surface area (Å²) in [6.07, 6.45) is 5.94. The Kier molecular flexibility index (Phi) is 5.82. The monoisotopic (exact) mass is 361 g/mol. The summed E-state index contributed by atoms with van der Waals surface area (Å²) in [4.78, 5) is 4.15. The molecule has 1 unspecified atom stereocenters. The van der Waals surface area contributed by atoms with Crippen LogP contribution < -0.4 is 0 Å². The summed E-state index contributed by atoms with van der Waals surface area (Å²) < 4.78 is 1.97. The molecule has 130 valence electrons. The van der Waals surface area contributed by atoms with Crippen LogP contribution in [0.15, 0.2) is 66.6 Å². The lowest BCUT2D eigenvalue weighted by Crippen LogP contribution is -2.07. The van der Waals surface area contributed by atoms with Crippen molar-refractivity contribution in [1.29, 1.82) is 5.26 Å². The first kappa shape index (κ1) is 17.9. The first-order valence-corrected chi connectivity index (χ1v) is 9.15. The Morgan fingerprint density at radius 1 is 1.27 bits per heavy atom. The van der Waals surface area contributed by atoms with Crippen molar-refractivity contribution in [2.45, 2.75) is 30.3 Å². The quantitative estimate of drug-likeness (QED) is 0.469. The van der Waals surface area contributed by atoms with Gasteiger partial charge >= 0.3 is 0 Å². The fraction of sp³-hybridized carbons (Fsp3) is 0.200. The standard InChI is InChI=1S/C20H19N5S/c1-3-11-25-19(17-5-4-10-22-14-17)23-24-20(25)26-18(13-21)12-16-8-6-15(2)7-9-16/h3-10,14,18H,1,11-12H2,2H3. The number of hydrogen-bond acceptors (Lipinski definition) is 5. The third-order valence-electron chi connectivity index (χ3n) is 3.88. The van der Waals surface area contributed by atoms with Crippen molar-refractivity contribution in [3.8, 4) is 17.5 Å². The molecule has 0 aliphatic heterocycles. The van der Waals surface area contributed by atoms with Crippen molar-refractivity contribution in [1.82, 2.24) is 19.7 Å². The zero-order valence-corrected chi connectivity index (χ0v) is 15.4. The summed E-state index contributed by atoms with van der Waals surface area (Å²) in [6, 6.07) is 14.4. The van der Waals surface area contributed by atoms with Crippen LogP contribution in [0, 0.1) is 18.3 Å². The number of thioether (sulfide) groups is 1. The van der Waals surface area contributed by atoms with Gasteiger partial charge in [0, 0.05) is 24.5 Å². The average molecular weight is 361 g/mol. The summed E-state index contributed by atoms with van der Waals surface area (Å²) in [6.45, 7) is 6.45. The average Bonchev–Trinajstić information content (AvgIpc) is 3.06. The van der Waals surface area contributed by atoms with Crippen molar-refractivity contribution < 1.29 is 0 Å². The molecule has 2 heterocycles. The molecule has 5 nitrogen and oxygen atoms in total. The third kappa shape index (κ3) is 4.19. The molecule has 0 spiro atoms. The van der Waals surface area contributed by atoms with Crippen LogP contribution in [-0.2, 0) is 13.0 Å². The lowest BCUT2D eigenvalue weighted by molar-refractivity contribution is 0.729. The molecule has 0 N–H and O–H groups in total. The van der Waals surface area contributed by atoms with Crippen molar-refractivity contribution in [3.05, 3.63) is 72.6 Å². The molecular formula is C20H19N5S. The van der Waals surface area contributed by atoms with Crippen LogP contribution in [0.3, 0.4) is 0 Å². The molecule has 1 atom stereocenters. The highest BCUT2D eigenvalue weighted by Crippen LogP contribution is 2.28. The van der Waals surface area contributed by atoms with Gasteiger partial charge in [-0.05, 0) is 31.0 Å². The molecule has 3 aromatic rings. The number of pyridine rings is 1. The number of allylic oxidation sites excluding steroid dienone is 1. The summed E-state index contributed by atoms with van der Waals surface area (Å²) in [7, 11) is 0. The van der Waals surface area contributed by atoms with Crippen LogP contribution >= 0.6 is 11.8 Å². The summed E-state index contributed by atoms with van der Waals surface area (Å²) in [5.41, 5.74) is 3.24. The fourth-order valence-electron chi connectivity index (χ4n) is 2.56. The van der Waals surface area contributed by atoms with Crippen LogP contribution in [0.4, 0.5) is 0 Å². The van der Waals surface area contributed by atoms with Gasteiger partial charge in [0.05, 0.1) is 6.07 Å². The second kappa shape index (κ2) is 8.45. The zero-order valence-electron chi connectivity index (χ0n) is 14.5. The molecule has 0 saturated carbocycles. The predicted molar refractivity (Wildman–Crippen MR) is 104 cm³/mol. The SMILES string of the molecule is C=CCn1c(SC(C#N)Cc2ccc(C)cc2)nnc1-c1cccnc1. The largest absolute Gasteiger partial charge is 0.298 e. The van der Waals surface area contributed by atoms with Gasteiger partial charge in [0.15, 0.2) is 11.0 Å². The maximum absolute atomic E-state index is 9.59. The minimum Gasteiger partial charge on any atom is -0.298 e. The van der Waals surface area contributed by atoms with E-state index in [1.54, 1.807) is 18.5 Å². The Morgan fingerprint density at radius 2 is 2.08 bits per heavy atom. The Morgan fingerprint density at radius 3 is 2.73 bits per heavy atom. The lowest BCUT2D eigenvalue weighted by atomic mass is 10.1. The number of nitrogens with zero attached hydrogens (tertiary/aromatic N) is 5. The molecule has 0 aliphatic carbocycles. The Balaban J connectivity index is 1.84. The summed E-state index contributed by atoms with van der Waals surface area (Å²) in [5.74, 6) is 0.729. The van der Waals surface area contributed by atoms with Gasteiger partial charge in [0.1, 0.15) is 5.25 Å². The first-order valence-electron chi connectivity index (χ1n) is 8.27. The zero-order chi connectivity index (χ0) is 18.4. The van der Waals surface area contributed by atoms with E-state index in [0.717, 1.165) is 17.0 Å². The van der Waals surface area contributed by atoms with Gasteiger partial charge < -0.3 is 0 Å². The molecule has 0 saturated heterocycles. The number of rotatable bonds is 7. The number of aromatic nitrogens is 4. The minimum absolute atomic E-state index is 0.243. The Bertz CT molecular complexity index is 910. The normalized spacial score (nSPS) is 11.7. The molecule has 0 radical (unpaired) electrons. The molecule has 3 rings (SSSR count). The van der Waals surface area contributed by atoms with Crippen LogP contribution in [0.25, 0.3) is 11.4 Å². The van der Waals surface area contributed by atoms with E-state index in [0.29, 0.717) is 18.1 Å². The van der Waals surface area contributed by atoms with Gasteiger partial charge in [-0.25, -0.2) is 0 Å². The number of aryl methyl sites for hydroxylation is 1. The van der Waals surface area contributed by atoms with E-state index in [1.165, 1.54) is 17.3 Å². The highest BCUT2D eigenvalue weighted by atomic mass is 32.2. The van der Waals surface area contributed by atoms with Gasteiger partial charge in [-0.1, -0.05) is 47.7 Å². The van der Waals surface area contributed by atoms with Crippen molar-refractivity contribution in [2.24, 2.45) is 0 Å². The lowest BCUT2D eigenvalue weighted by Gasteiger charge is -2.11. The van der Waals surface area contributed by atoms with E-state index in [2.05, 4.69) is 59.0 Å². The van der Waals surface area contributed by atoms with Gasteiger partial charge in [-0.2, -0.15) is 5.26 Å². The van der Waals surface area contributed by atoms with Gasteiger partial charge in [0.2, 0.25) is 0 Å². The molecule has 0 bridgehead atoms. The van der Waals surface area contributed by atoms with Crippen molar-refractivity contribution in [3.63, 3.8) is 0 Å². The molecule has 2 aromatic heterocycles. The molecular weight excluding hydrogens is 342 g/mol. The molecule has 26 heavy (non-hydrogen) atoms. The minimum atomic E-state index is -0.243. The van der Waals surface area contributed by atoms with Gasteiger partial charge in [-0.15, -0.1) is 16.8 Å². The van der Waals surface area contributed by atoms with E-state index in [1.807, 2.05) is 16.7 Å². The maximum Gasteiger partial charge on any atom is 0.193 e. The molecule has 0 aliphatic rings. The topological polar surface area (TPSA) is 67.4 Å².